The first kappa shape index (κ1) is 11.1. The van der Waals surface area contributed by atoms with Gasteiger partial charge in [0.1, 0.15) is 0 Å². The minimum absolute atomic E-state index is 0.398. The summed E-state index contributed by atoms with van der Waals surface area (Å²) in [7, 11) is 2.06. The Kier molecular flexibility index (Phi) is 3.96. The second-order valence-electron chi connectivity index (χ2n) is 3.66. The van der Waals surface area contributed by atoms with Gasteiger partial charge in [0.25, 0.3) is 0 Å². The summed E-state index contributed by atoms with van der Waals surface area (Å²) in [4.78, 5) is 2.18. The summed E-state index contributed by atoms with van der Waals surface area (Å²) >= 11 is 0. The molecule has 0 bridgehead atoms. The molecule has 1 aromatic rings. The van der Waals surface area contributed by atoms with E-state index in [-0.39, 0.29) is 0 Å². The van der Waals surface area contributed by atoms with E-state index in [0.29, 0.717) is 0 Å². The summed E-state index contributed by atoms with van der Waals surface area (Å²) in [5, 5.41) is 9.59. The molecule has 78 valence electrons. The lowest BCUT2D eigenvalue weighted by atomic mass is 10.1. The van der Waals surface area contributed by atoms with Crippen molar-refractivity contribution in [3.63, 3.8) is 0 Å². The van der Waals surface area contributed by atoms with Crippen LogP contribution in [0.5, 0.6) is 0 Å². The van der Waals surface area contributed by atoms with E-state index in [4.69, 9.17) is 0 Å². The molecule has 0 fully saturated rings. The van der Waals surface area contributed by atoms with Crippen molar-refractivity contribution in [2.24, 2.45) is 0 Å². The Morgan fingerprint density at radius 2 is 2.00 bits per heavy atom. The minimum Gasteiger partial charge on any atom is -0.389 e. The van der Waals surface area contributed by atoms with E-state index in [1.165, 1.54) is 0 Å². The molecule has 1 rings (SSSR count). The fourth-order valence-electron chi connectivity index (χ4n) is 1.64. The van der Waals surface area contributed by atoms with Crippen LogP contribution in [-0.2, 0) is 0 Å². The maximum atomic E-state index is 9.59. The summed E-state index contributed by atoms with van der Waals surface area (Å²) in [6.07, 6.45) is 0.718. The molecule has 0 spiro atoms. The van der Waals surface area contributed by atoms with Crippen molar-refractivity contribution in [3.8, 4) is 0 Å². The van der Waals surface area contributed by atoms with Crippen LogP contribution in [0.25, 0.3) is 0 Å². The Labute approximate surface area is 86.2 Å². The molecule has 0 unspecified atom stereocenters. The molecule has 0 heterocycles. The average Bonchev–Trinajstić information content (AvgIpc) is 2.18. The molecular formula is C12H19NO. The Hall–Kier alpha value is -1.02. The van der Waals surface area contributed by atoms with Gasteiger partial charge in [0, 0.05) is 24.8 Å². The van der Waals surface area contributed by atoms with Gasteiger partial charge in [-0.2, -0.15) is 0 Å². The van der Waals surface area contributed by atoms with E-state index in [0.717, 1.165) is 24.2 Å². The average molecular weight is 193 g/mol. The normalized spacial score (nSPS) is 12.6. The van der Waals surface area contributed by atoms with E-state index in [2.05, 4.69) is 24.9 Å². The first-order valence-electron chi connectivity index (χ1n) is 5.15. The summed E-state index contributed by atoms with van der Waals surface area (Å²) in [5.41, 5.74) is 2.13. The van der Waals surface area contributed by atoms with Crippen LogP contribution < -0.4 is 4.90 Å². The predicted molar refractivity (Wildman–Crippen MR) is 60.6 cm³/mol. The van der Waals surface area contributed by atoms with Crippen molar-refractivity contribution in [2.45, 2.75) is 26.4 Å². The first-order valence-corrected chi connectivity index (χ1v) is 5.15. The van der Waals surface area contributed by atoms with Gasteiger partial charge in [-0.05, 0) is 19.4 Å². The standard InChI is InChI=1S/C12H19NO/c1-4-9-13(3)12-8-6-5-7-11(12)10(2)14/h5-8,10,14H,4,9H2,1-3H3/t10-/m0/s1. The summed E-state index contributed by atoms with van der Waals surface area (Å²) < 4.78 is 0. The zero-order valence-corrected chi connectivity index (χ0v) is 9.20. The molecular weight excluding hydrogens is 174 g/mol. The maximum absolute atomic E-state index is 9.59. The quantitative estimate of drug-likeness (QED) is 0.794. The maximum Gasteiger partial charge on any atom is 0.0781 e. The highest BCUT2D eigenvalue weighted by molar-refractivity contribution is 5.53. The molecule has 2 nitrogen and oxygen atoms in total. The van der Waals surface area contributed by atoms with Crippen LogP contribution in [0.3, 0.4) is 0 Å². The molecule has 0 saturated carbocycles. The molecule has 0 aromatic heterocycles. The van der Waals surface area contributed by atoms with E-state index < -0.39 is 6.10 Å². The molecule has 0 aliphatic rings. The van der Waals surface area contributed by atoms with Crippen LogP contribution in [0.1, 0.15) is 31.9 Å². The van der Waals surface area contributed by atoms with Crippen LogP contribution in [0, 0.1) is 0 Å². The van der Waals surface area contributed by atoms with Gasteiger partial charge >= 0.3 is 0 Å². The lowest BCUT2D eigenvalue weighted by molar-refractivity contribution is 0.199. The number of anilines is 1. The van der Waals surface area contributed by atoms with Crippen LogP contribution in [0.15, 0.2) is 24.3 Å². The molecule has 0 aliphatic carbocycles. The van der Waals surface area contributed by atoms with Gasteiger partial charge < -0.3 is 10.0 Å². The largest absolute Gasteiger partial charge is 0.389 e. The van der Waals surface area contributed by atoms with Gasteiger partial charge in [-0.3, -0.25) is 0 Å². The zero-order chi connectivity index (χ0) is 10.6. The van der Waals surface area contributed by atoms with Gasteiger partial charge in [-0.1, -0.05) is 25.1 Å². The molecule has 0 radical (unpaired) electrons. The van der Waals surface area contributed by atoms with Gasteiger partial charge in [0.05, 0.1) is 6.10 Å². The highest BCUT2D eigenvalue weighted by Gasteiger charge is 2.09. The number of aliphatic hydroxyl groups excluding tert-OH is 1. The molecule has 0 aliphatic heterocycles. The number of benzene rings is 1. The number of para-hydroxylation sites is 1. The Morgan fingerprint density at radius 3 is 2.57 bits per heavy atom. The summed E-state index contributed by atoms with van der Waals surface area (Å²) in [5.74, 6) is 0. The second-order valence-corrected chi connectivity index (χ2v) is 3.66. The smallest absolute Gasteiger partial charge is 0.0781 e. The number of hydrogen-bond acceptors (Lipinski definition) is 2. The number of hydrogen-bond donors (Lipinski definition) is 1. The molecule has 0 amide bonds. The van der Waals surface area contributed by atoms with Crippen molar-refractivity contribution in [2.75, 3.05) is 18.5 Å². The summed E-state index contributed by atoms with van der Waals surface area (Å²) in [6.45, 7) is 4.98. The summed E-state index contributed by atoms with van der Waals surface area (Å²) in [6, 6.07) is 8.00. The Bertz CT molecular complexity index is 283. The SMILES string of the molecule is CCCN(C)c1ccccc1[C@H](C)O. The monoisotopic (exact) mass is 193 g/mol. The third-order valence-electron chi connectivity index (χ3n) is 2.36. The Balaban J connectivity index is 2.94. The van der Waals surface area contributed by atoms with E-state index in [9.17, 15) is 5.11 Å². The fraction of sp³-hybridized carbons (Fsp3) is 0.500. The van der Waals surface area contributed by atoms with Crippen molar-refractivity contribution in [3.05, 3.63) is 29.8 Å². The topological polar surface area (TPSA) is 23.5 Å². The van der Waals surface area contributed by atoms with Gasteiger partial charge in [-0.25, -0.2) is 0 Å². The predicted octanol–water partition coefficient (Wildman–Crippen LogP) is 2.59. The van der Waals surface area contributed by atoms with Gasteiger partial charge in [-0.15, -0.1) is 0 Å². The molecule has 1 N–H and O–H groups in total. The van der Waals surface area contributed by atoms with Crippen molar-refractivity contribution < 1.29 is 5.11 Å². The highest BCUT2D eigenvalue weighted by atomic mass is 16.3. The number of rotatable bonds is 4. The van der Waals surface area contributed by atoms with E-state index in [1.807, 2.05) is 18.2 Å². The second kappa shape index (κ2) is 5.01. The van der Waals surface area contributed by atoms with Crippen molar-refractivity contribution in [1.82, 2.24) is 0 Å². The third kappa shape index (κ3) is 2.48. The molecule has 2 heteroatoms. The van der Waals surface area contributed by atoms with Crippen molar-refractivity contribution in [1.29, 1.82) is 0 Å². The van der Waals surface area contributed by atoms with Crippen LogP contribution in [-0.4, -0.2) is 18.7 Å². The van der Waals surface area contributed by atoms with Crippen LogP contribution >= 0.6 is 0 Å². The Morgan fingerprint density at radius 1 is 1.36 bits per heavy atom. The van der Waals surface area contributed by atoms with E-state index >= 15 is 0 Å². The van der Waals surface area contributed by atoms with Crippen molar-refractivity contribution >= 4 is 5.69 Å². The fourth-order valence-corrected chi connectivity index (χ4v) is 1.64. The highest BCUT2D eigenvalue weighted by Crippen LogP contribution is 2.25. The molecule has 1 aromatic carbocycles. The van der Waals surface area contributed by atoms with Gasteiger partial charge in [0.15, 0.2) is 0 Å². The zero-order valence-electron chi connectivity index (χ0n) is 9.20. The van der Waals surface area contributed by atoms with Gasteiger partial charge in [0.2, 0.25) is 0 Å². The molecule has 14 heavy (non-hydrogen) atoms. The third-order valence-corrected chi connectivity index (χ3v) is 2.36. The van der Waals surface area contributed by atoms with Crippen LogP contribution in [0.4, 0.5) is 5.69 Å². The lowest BCUT2D eigenvalue weighted by Crippen LogP contribution is -2.19. The molecule has 0 saturated heterocycles. The first-order chi connectivity index (χ1) is 6.66. The number of aliphatic hydroxyl groups is 1. The lowest BCUT2D eigenvalue weighted by Gasteiger charge is -2.22. The van der Waals surface area contributed by atoms with Crippen LogP contribution in [0.2, 0.25) is 0 Å². The number of nitrogens with zero attached hydrogens (tertiary/aromatic N) is 1. The molecule has 1 atom stereocenters. The minimum atomic E-state index is -0.398. The van der Waals surface area contributed by atoms with E-state index in [1.54, 1.807) is 6.92 Å².